The Morgan fingerprint density at radius 2 is 0.750 bits per heavy atom. The fraction of sp³-hybridized carbons (Fsp3) is 0.746. The van der Waals surface area contributed by atoms with Gasteiger partial charge in [0.2, 0.25) is 0 Å². The number of carbonyl (C=O) groups is 3. The average molecular weight is 1060 g/mol. The first-order chi connectivity index (χ1) is 37.1. The van der Waals surface area contributed by atoms with Crippen molar-refractivity contribution in [2.45, 2.75) is 277 Å². The lowest BCUT2D eigenvalue weighted by molar-refractivity contribution is -0.870. The first-order valence-electron chi connectivity index (χ1n) is 31.2. The Kier molecular flexibility index (Phi) is 55.0. The summed E-state index contributed by atoms with van der Waals surface area (Å²) in [6, 6.07) is 0. The number of carboxylic acids is 1. The number of hydrogen-bond donors (Lipinski definition) is 0. The Morgan fingerprint density at radius 3 is 1.13 bits per heavy atom. The molecule has 0 N–H and O–H groups in total. The van der Waals surface area contributed by atoms with E-state index in [9.17, 15) is 19.5 Å². The number of hydrogen-bond acceptors (Lipinski definition) is 8. The molecule has 0 radical (unpaired) electrons. The van der Waals surface area contributed by atoms with Crippen LogP contribution in [-0.4, -0.2) is 82.3 Å². The molecule has 0 aromatic carbocycles. The van der Waals surface area contributed by atoms with Crippen LogP contribution in [-0.2, 0) is 33.3 Å². The van der Waals surface area contributed by atoms with Crippen LogP contribution in [0, 0.1) is 0 Å². The molecule has 0 amide bonds. The number of likely N-dealkylation sites (N-methyl/N-ethyl adjacent to an activating group) is 1. The lowest BCUT2D eigenvalue weighted by Crippen LogP contribution is -2.44. The van der Waals surface area contributed by atoms with Crippen molar-refractivity contribution in [3.05, 3.63) is 85.1 Å². The van der Waals surface area contributed by atoms with E-state index in [4.69, 9.17) is 18.9 Å². The third-order valence-electron chi connectivity index (χ3n) is 13.4. The summed E-state index contributed by atoms with van der Waals surface area (Å²) >= 11 is 0. The van der Waals surface area contributed by atoms with Gasteiger partial charge in [-0.15, -0.1) is 0 Å². The van der Waals surface area contributed by atoms with Gasteiger partial charge >= 0.3 is 11.9 Å². The van der Waals surface area contributed by atoms with Gasteiger partial charge in [-0.1, -0.05) is 247 Å². The van der Waals surface area contributed by atoms with Crippen molar-refractivity contribution in [1.29, 1.82) is 0 Å². The number of unbranched alkanes of at least 4 members (excludes halogenated alkanes) is 28. The Morgan fingerprint density at radius 1 is 0.408 bits per heavy atom. The molecule has 9 heteroatoms. The van der Waals surface area contributed by atoms with Crippen LogP contribution in [0.15, 0.2) is 85.1 Å². The second-order valence-electron chi connectivity index (χ2n) is 22.0. The number of rotatable bonds is 57. The zero-order chi connectivity index (χ0) is 55.5. The largest absolute Gasteiger partial charge is 0.545 e. The van der Waals surface area contributed by atoms with Crippen LogP contribution in [0.2, 0.25) is 0 Å². The van der Waals surface area contributed by atoms with Crippen LogP contribution in [0.3, 0.4) is 0 Å². The highest BCUT2D eigenvalue weighted by Crippen LogP contribution is 2.17. The Bertz CT molecular complexity index is 1520. The Balaban J connectivity index is 3.98. The molecule has 0 bridgehead atoms. The van der Waals surface area contributed by atoms with E-state index >= 15 is 0 Å². The summed E-state index contributed by atoms with van der Waals surface area (Å²) in [4.78, 5) is 37.2. The first-order valence-corrected chi connectivity index (χ1v) is 31.2. The van der Waals surface area contributed by atoms with Crippen LogP contribution in [0.1, 0.15) is 264 Å². The molecule has 0 saturated carbocycles. The molecule has 0 aromatic rings. The summed E-state index contributed by atoms with van der Waals surface area (Å²) in [5.74, 6) is -2.29. The van der Waals surface area contributed by atoms with E-state index in [0.29, 0.717) is 17.4 Å². The summed E-state index contributed by atoms with van der Waals surface area (Å²) in [5, 5.41) is 11.8. The van der Waals surface area contributed by atoms with Crippen LogP contribution < -0.4 is 5.11 Å². The minimum Gasteiger partial charge on any atom is -0.545 e. The van der Waals surface area contributed by atoms with Crippen LogP contribution in [0.25, 0.3) is 0 Å². The van der Waals surface area contributed by atoms with E-state index in [1.807, 2.05) is 21.1 Å². The number of carbonyl (C=O) groups excluding carboxylic acids is 3. The molecule has 0 fully saturated rings. The van der Waals surface area contributed by atoms with Gasteiger partial charge in [0.25, 0.3) is 0 Å². The fourth-order valence-corrected chi connectivity index (χ4v) is 8.59. The van der Waals surface area contributed by atoms with E-state index in [1.165, 1.54) is 141 Å². The van der Waals surface area contributed by atoms with Gasteiger partial charge in [0.1, 0.15) is 13.2 Å². The van der Waals surface area contributed by atoms with Crippen molar-refractivity contribution < 1.29 is 42.9 Å². The summed E-state index contributed by atoms with van der Waals surface area (Å²) in [6.07, 6.45) is 73.8. The van der Waals surface area contributed by atoms with Gasteiger partial charge < -0.3 is 33.3 Å². The number of esters is 2. The third-order valence-corrected chi connectivity index (χ3v) is 13.4. The van der Waals surface area contributed by atoms with Gasteiger partial charge in [0.15, 0.2) is 12.4 Å². The van der Waals surface area contributed by atoms with E-state index in [-0.39, 0.29) is 38.6 Å². The molecule has 0 aliphatic heterocycles. The predicted octanol–water partition coefficient (Wildman–Crippen LogP) is 17.4. The van der Waals surface area contributed by atoms with Gasteiger partial charge in [-0.2, -0.15) is 0 Å². The number of nitrogens with zero attached hydrogens (tertiary/aromatic N) is 1. The molecule has 76 heavy (non-hydrogen) atoms. The lowest BCUT2D eigenvalue weighted by Gasteiger charge is -2.26. The van der Waals surface area contributed by atoms with E-state index < -0.39 is 24.3 Å². The maximum atomic E-state index is 12.9. The zero-order valence-electron chi connectivity index (χ0n) is 49.9. The maximum absolute atomic E-state index is 12.9. The number of carboxylic acid groups (broad SMARTS) is 1. The van der Waals surface area contributed by atoms with E-state index in [2.05, 4.69) is 98.9 Å². The Labute approximate surface area is 468 Å². The van der Waals surface area contributed by atoms with Gasteiger partial charge in [-0.05, 0) is 89.9 Å². The van der Waals surface area contributed by atoms with Crippen molar-refractivity contribution in [2.75, 3.05) is 47.5 Å². The van der Waals surface area contributed by atoms with Gasteiger partial charge in [-0.3, -0.25) is 9.59 Å². The molecule has 0 aliphatic carbocycles. The summed E-state index contributed by atoms with van der Waals surface area (Å²) < 4.78 is 22.7. The molecule has 0 aromatic heterocycles. The quantitative estimate of drug-likeness (QED) is 0.0195. The van der Waals surface area contributed by atoms with E-state index in [1.54, 1.807) is 0 Å². The SMILES string of the molecule is CC/C=C\C/C=C\C/C=C\C/C=C\C/C=C\C/C=C\CCCCCCCCCCCCCCCCCCCCCCC(=O)OC(COC(=O)CCCCCCC/C=C\CCCCC)COC(OCC[N+](C)(C)C)C(=O)[O-]. The highest BCUT2D eigenvalue weighted by Gasteiger charge is 2.22. The normalized spacial score (nSPS) is 13.3. The van der Waals surface area contributed by atoms with E-state index in [0.717, 1.165) is 89.9 Å². The minimum absolute atomic E-state index is 0.146. The first kappa shape index (κ1) is 72.5. The lowest BCUT2D eigenvalue weighted by atomic mass is 10.0. The molecule has 0 spiro atoms. The zero-order valence-corrected chi connectivity index (χ0v) is 49.9. The number of quaternary nitrogens is 1. The number of aliphatic carboxylic acids is 1. The molecule has 0 saturated heterocycles. The highest BCUT2D eigenvalue weighted by molar-refractivity contribution is 5.70. The number of ether oxygens (including phenoxy) is 4. The average Bonchev–Trinajstić information content (AvgIpc) is 3.39. The van der Waals surface area contributed by atoms with Gasteiger partial charge in [0.05, 0.1) is 40.3 Å². The van der Waals surface area contributed by atoms with Crippen LogP contribution in [0.4, 0.5) is 0 Å². The summed E-state index contributed by atoms with van der Waals surface area (Å²) in [7, 11) is 5.92. The molecule has 9 nitrogen and oxygen atoms in total. The molecule has 2 atom stereocenters. The second-order valence-corrected chi connectivity index (χ2v) is 22.0. The van der Waals surface area contributed by atoms with Gasteiger partial charge in [0, 0.05) is 12.8 Å². The monoisotopic (exact) mass is 1060 g/mol. The highest BCUT2D eigenvalue weighted by atomic mass is 16.7. The topological polar surface area (TPSA) is 111 Å². The maximum Gasteiger partial charge on any atom is 0.306 e. The van der Waals surface area contributed by atoms with Crippen molar-refractivity contribution in [3.63, 3.8) is 0 Å². The van der Waals surface area contributed by atoms with Crippen molar-refractivity contribution in [2.24, 2.45) is 0 Å². The van der Waals surface area contributed by atoms with Gasteiger partial charge in [-0.25, -0.2) is 0 Å². The fourth-order valence-electron chi connectivity index (χ4n) is 8.59. The van der Waals surface area contributed by atoms with Crippen molar-refractivity contribution in [1.82, 2.24) is 0 Å². The van der Waals surface area contributed by atoms with Crippen LogP contribution >= 0.6 is 0 Å². The number of allylic oxidation sites excluding steroid dienone is 14. The Hall–Kier alpha value is -3.53. The standard InChI is InChI=1S/C67H117NO8/c1-6-8-10-12-14-16-18-20-21-22-23-24-25-26-27-28-29-30-31-32-33-34-35-36-37-38-39-40-41-42-43-44-45-46-48-50-52-54-56-58-65(70)76-63(62-75-67(66(71)72)73-60-59-68(3,4)5)61-74-64(69)57-55-53-51-49-47-19-17-15-13-11-9-7-2/h8,10,14-17,20-21,23-24,26-27,29-30,63,67H,6-7,9,11-13,18-19,22,25,28,31-62H2,1-5H3/b10-8-,16-14-,17-15-,21-20-,24-23-,27-26-,30-29-. The summed E-state index contributed by atoms with van der Waals surface area (Å²) in [5.41, 5.74) is 0. The van der Waals surface area contributed by atoms with Crippen molar-refractivity contribution in [3.8, 4) is 0 Å². The molecular weight excluding hydrogens is 947 g/mol. The molecule has 0 heterocycles. The molecule has 0 aliphatic rings. The third kappa shape index (κ3) is 58.2. The van der Waals surface area contributed by atoms with Crippen molar-refractivity contribution >= 4 is 17.9 Å². The molecular formula is C67H117NO8. The smallest absolute Gasteiger partial charge is 0.306 e. The minimum atomic E-state index is -1.62. The molecule has 2 unspecified atom stereocenters. The van der Waals surface area contributed by atoms with Crippen LogP contribution in [0.5, 0.6) is 0 Å². The molecule has 0 rings (SSSR count). The molecule has 438 valence electrons. The predicted molar refractivity (Wildman–Crippen MR) is 320 cm³/mol. The summed E-state index contributed by atoms with van der Waals surface area (Å²) in [6.45, 7) is 4.61. The second kappa shape index (κ2) is 57.6.